The van der Waals surface area contributed by atoms with Crippen LogP contribution in [0.25, 0.3) is 5.69 Å². The van der Waals surface area contributed by atoms with Crippen LogP contribution in [-0.4, -0.2) is 15.7 Å². The number of amides is 1. The van der Waals surface area contributed by atoms with Crippen molar-refractivity contribution in [2.45, 2.75) is 12.8 Å². The quantitative estimate of drug-likeness (QED) is 0.637. The van der Waals surface area contributed by atoms with E-state index in [4.69, 9.17) is 0 Å². The Bertz CT molecular complexity index is 782. The minimum absolute atomic E-state index is 0.0127. The molecule has 1 aromatic heterocycles. The summed E-state index contributed by atoms with van der Waals surface area (Å²) in [5.74, 6) is 0.0127. The van der Waals surface area contributed by atoms with Crippen molar-refractivity contribution in [1.82, 2.24) is 9.78 Å². The molecule has 2 aromatic carbocycles. The molecule has 1 N–H and O–H groups in total. The SMILES string of the molecule is O=C(CCc1cnn(-c2ccccc2)c1)Nc1ccc(I)cc1. The van der Waals surface area contributed by atoms with Gasteiger partial charge >= 0.3 is 0 Å². The second-order valence-electron chi connectivity index (χ2n) is 5.18. The zero-order chi connectivity index (χ0) is 16.1. The van der Waals surface area contributed by atoms with Crippen LogP contribution in [-0.2, 0) is 11.2 Å². The highest BCUT2D eigenvalue weighted by atomic mass is 127. The highest BCUT2D eigenvalue weighted by Crippen LogP contribution is 2.13. The molecule has 0 spiro atoms. The Labute approximate surface area is 148 Å². The van der Waals surface area contributed by atoms with Gasteiger partial charge in [-0.05, 0) is 71.0 Å². The van der Waals surface area contributed by atoms with Gasteiger partial charge in [0.2, 0.25) is 5.91 Å². The molecule has 0 radical (unpaired) electrons. The van der Waals surface area contributed by atoms with E-state index in [9.17, 15) is 4.79 Å². The van der Waals surface area contributed by atoms with Crippen LogP contribution in [0, 0.1) is 3.57 Å². The smallest absolute Gasteiger partial charge is 0.224 e. The Kier molecular flexibility index (Phi) is 5.07. The first-order valence-corrected chi connectivity index (χ1v) is 8.43. The molecule has 0 unspecified atom stereocenters. The molecule has 0 aliphatic rings. The fraction of sp³-hybridized carbons (Fsp3) is 0.111. The molecule has 3 rings (SSSR count). The zero-order valence-corrected chi connectivity index (χ0v) is 14.6. The number of benzene rings is 2. The third-order valence-electron chi connectivity index (χ3n) is 3.43. The van der Waals surface area contributed by atoms with Crippen LogP contribution in [0.1, 0.15) is 12.0 Å². The molecule has 0 atom stereocenters. The van der Waals surface area contributed by atoms with E-state index in [1.165, 1.54) is 0 Å². The maximum Gasteiger partial charge on any atom is 0.224 e. The number of carbonyl (C=O) groups excluding carboxylic acids is 1. The molecule has 1 heterocycles. The number of anilines is 1. The highest BCUT2D eigenvalue weighted by Gasteiger charge is 2.06. The Morgan fingerprint density at radius 3 is 2.57 bits per heavy atom. The number of rotatable bonds is 5. The summed E-state index contributed by atoms with van der Waals surface area (Å²) in [6, 6.07) is 17.7. The first kappa shape index (κ1) is 15.7. The lowest BCUT2D eigenvalue weighted by molar-refractivity contribution is -0.116. The first-order valence-electron chi connectivity index (χ1n) is 7.35. The van der Waals surface area contributed by atoms with Crippen molar-refractivity contribution in [2.24, 2.45) is 0 Å². The Morgan fingerprint density at radius 1 is 1.09 bits per heavy atom. The van der Waals surface area contributed by atoms with E-state index in [0.29, 0.717) is 12.8 Å². The second kappa shape index (κ2) is 7.41. The maximum absolute atomic E-state index is 12.0. The average Bonchev–Trinajstić information content (AvgIpc) is 3.05. The molecular weight excluding hydrogens is 401 g/mol. The van der Waals surface area contributed by atoms with Crippen molar-refractivity contribution in [3.05, 3.63) is 76.1 Å². The number of para-hydroxylation sites is 1. The monoisotopic (exact) mass is 417 g/mol. The summed E-state index contributed by atoms with van der Waals surface area (Å²) < 4.78 is 2.97. The van der Waals surface area contributed by atoms with Gasteiger partial charge in [-0.2, -0.15) is 5.10 Å². The Hall–Kier alpha value is -2.15. The summed E-state index contributed by atoms with van der Waals surface area (Å²) in [4.78, 5) is 12.0. The van der Waals surface area contributed by atoms with Crippen molar-refractivity contribution in [1.29, 1.82) is 0 Å². The lowest BCUT2D eigenvalue weighted by atomic mass is 10.2. The molecule has 5 heteroatoms. The average molecular weight is 417 g/mol. The molecule has 0 aliphatic heterocycles. The van der Waals surface area contributed by atoms with Crippen LogP contribution >= 0.6 is 22.6 Å². The van der Waals surface area contributed by atoms with Gasteiger partial charge in [-0.3, -0.25) is 4.79 Å². The van der Waals surface area contributed by atoms with Crippen LogP contribution in [0.2, 0.25) is 0 Å². The number of nitrogens with zero attached hydrogens (tertiary/aromatic N) is 2. The van der Waals surface area contributed by atoms with Crippen LogP contribution in [0.3, 0.4) is 0 Å². The number of carbonyl (C=O) groups is 1. The third-order valence-corrected chi connectivity index (χ3v) is 4.14. The van der Waals surface area contributed by atoms with E-state index in [1.54, 1.807) is 0 Å². The van der Waals surface area contributed by atoms with E-state index in [1.807, 2.05) is 71.7 Å². The Morgan fingerprint density at radius 2 is 1.83 bits per heavy atom. The van der Waals surface area contributed by atoms with E-state index < -0.39 is 0 Å². The van der Waals surface area contributed by atoms with Gasteiger partial charge in [-0.15, -0.1) is 0 Å². The topological polar surface area (TPSA) is 46.9 Å². The van der Waals surface area contributed by atoms with Crippen LogP contribution in [0.4, 0.5) is 5.69 Å². The van der Waals surface area contributed by atoms with Gasteiger partial charge in [0.1, 0.15) is 0 Å². The van der Waals surface area contributed by atoms with Crippen molar-refractivity contribution in [2.75, 3.05) is 5.32 Å². The summed E-state index contributed by atoms with van der Waals surface area (Å²) in [5.41, 5.74) is 2.89. The van der Waals surface area contributed by atoms with Crippen molar-refractivity contribution >= 4 is 34.2 Å². The summed E-state index contributed by atoms with van der Waals surface area (Å²) in [5, 5.41) is 7.25. The predicted octanol–water partition coefficient (Wildman–Crippen LogP) is 4.05. The molecule has 0 saturated carbocycles. The molecule has 0 aliphatic carbocycles. The fourth-order valence-electron chi connectivity index (χ4n) is 2.23. The van der Waals surface area contributed by atoms with Gasteiger partial charge in [0, 0.05) is 21.9 Å². The van der Waals surface area contributed by atoms with Crippen LogP contribution in [0.5, 0.6) is 0 Å². The maximum atomic E-state index is 12.0. The molecular formula is C18H16IN3O. The fourth-order valence-corrected chi connectivity index (χ4v) is 2.59. The van der Waals surface area contributed by atoms with Gasteiger partial charge in [0.15, 0.2) is 0 Å². The zero-order valence-electron chi connectivity index (χ0n) is 12.4. The van der Waals surface area contributed by atoms with Crippen LogP contribution in [0.15, 0.2) is 67.0 Å². The molecule has 0 fully saturated rings. The number of hydrogen-bond donors (Lipinski definition) is 1. The number of nitrogens with one attached hydrogen (secondary N) is 1. The van der Waals surface area contributed by atoms with Gasteiger partial charge in [0.25, 0.3) is 0 Å². The number of aryl methyl sites for hydroxylation is 1. The predicted molar refractivity (Wildman–Crippen MR) is 99.7 cm³/mol. The summed E-state index contributed by atoms with van der Waals surface area (Å²) in [6.45, 7) is 0. The van der Waals surface area contributed by atoms with Gasteiger partial charge in [-0.1, -0.05) is 18.2 Å². The molecule has 0 bridgehead atoms. The molecule has 1 amide bonds. The molecule has 23 heavy (non-hydrogen) atoms. The minimum atomic E-state index is 0.0127. The molecule has 0 saturated heterocycles. The van der Waals surface area contributed by atoms with Crippen molar-refractivity contribution in [3.8, 4) is 5.69 Å². The number of halogens is 1. The minimum Gasteiger partial charge on any atom is -0.326 e. The standard InChI is InChI=1S/C18H16IN3O/c19-15-7-9-16(10-8-15)21-18(23)11-6-14-12-20-22(13-14)17-4-2-1-3-5-17/h1-5,7-10,12-13H,6,11H2,(H,21,23). The van der Waals surface area contributed by atoms with E-state index in [-0.39, 0.29) is 5.91 Å². The van der Waals surface area contributed by atoms with Gasteiger partial charge in [0.05, 0.1) is 11.9 Å². The lowest BCUT2D eigenvalue weighted by Crippen LogP contribution is -2.12. The molecule has 116 valence electrons. The third kappa shape index (κ3) is 4.41. The van der Waals surface area contributed by atoms with Gasteiger partial charge in [-0.25, -0.2) is 4.68 Å². The summed E-state index contributed by atoms with van der Waals surface area (Å²) in [7, 11) is 0. The first-order chi connectivity index (χ1) is 11.2. The molecule has 3 aromatic rings. The Balaban J connectivity index is 1.55. The second-order valence-corrected chi connectivity index (χ2v) is 6.43. The van der Waals surface area contributed by atoms with E-state index >= 15 is 0 Å². The highest BCUT2D eigenvalue weighted by molar-refractivity contribution is 14.1. The van der Waals surface area contributed by atoms with Crippen molar-refractivity contribution in [3.63, 3.8) is 0 Å². The van der Waals surface area contributed by atoms with Crippen molar-refractivity contribution < 1.29 is 4.79 Å². The number of aromatic nitrogens is 2. The normalized spacial score (nSPS) is 10.5. The summed E-state index contributed by atoms with van der Waals surface area (Å²) >= 11 is 2.24. The van der Waals surface area contributed by atoms with Crippen LogP contribution < -0.4 is 5.32 Å². The van der Waals surface area contributed by atoms with E-state index in [2.05, 4.69) is 33.0 Å². The summed E-state index contributed by atoms with van der Waals surface area (Å²) in [6.07, 6.45) is 4.88. The van der Waals surface area contributed by atoms with Gasteiger partial charge < -0.3 is 5.32 Å². The molecule has 4 nitrogen and oxygen atoms in total. The van der Waals surface area contributed by atoms with E-state index in [0.717, 1.165) is 20.5 Å². The largest absolute Gasteiger partial charge is 0.326 e. The number of hydrogen-bond acceptors (Lipinski definition) is 2. The lowest BCUT2D eigenvalue weighted by Gasteiger charge is -2.04.